The molecule has 4 nitrogen and oxygen atoms in total. The average molecular weight is 290 g/mol. The van der Waals surface area contributed by atoms with Crippen LogP contribution in [0.25, 0.3) is 11.0 Å². The van der Waals surface area contributed by atoms with Gasteiger partial charge in [0.25, 0.3) is 0 Å². The highest BCUT2D eigenvalue weighted by Gasteiger charge is 2.47. The van der Waals surface area contributed by atoms with Gasteiger partial charge in [0.05, 0.1) is 17.5 Å². The normalized spacial score (nSPS) is 12.2. The van der Waals surface area contributed by atoms with Crippen LogP contribution in [0.3, 0.4) is 0 Å². The van der Waals surface area contributed by atoms with E-state index in [2.05, 4.69) is 4.98 Å². The molecule has 0 saturated carbocycles. The van der Waals surface area contributed by atoms with Crippen molar-refractivity contribution < 1.29 is 27.5 Å². The number of fused-ring (bicyclic) bond motifs is 1. The van der Waals surface area contributed by atoms with E-state index >= 15 is 0 Å². The van der Waals surface area contributed by atoms with E-state index in [1.165, 1.54) is 24.3 Å². The van der Waals surface area contributed by atoms with Crippen LogP contribution in [-0.4, -0.2) is 27.1 Å². The van der Waals surface area contributed by atoms with E-state index in [0.717, 1.165) is 4.57 Å². The Kier molecular flexibility index (Phi) is 3.65. The number of aryl methyl sites for hydroxylation is 1. The van der Waals surface area contributed by atoms with Gasteiger partial charge in [-0.1, -0.05) is 12.1 Å². The molecule has 0 spiro atoms. The fraction of sp³-hybridized carbons (Fsp3) is 0.333. The third-order valence-corrected chi connectivity index (χ3v) is 2.78. The highest BCUT2D eigenvalue weighted by Crippen LogP contribution is 2.35. The first-order valence-corrected chi connectivity index (χ1v) is 5.67. The molecule has 0 radical (unpaired) electrons. The van der Waals surface area contributed by atoms with Gasteiger partial charge in [-0.2, -0.15) is 8.78 Å². The van der Waals surface area contributed by atoms with Crippen molar-refractivity contribution in [2.45, 2.75) is 25.3 Å². The Morgan fingerprint density at radius 1 is 1.35 bits per heavy atom. The summed E-state index contributed by atoms with van der Waals surface area (Å²) in [5.74, 6) is -6.76. The molecule has 1 heterocycles. The van der Waals surface area contributed by atoms with Gasteiger partial charge in [0.2, 0.25) is 0 Å². The third kappa shape index (κ3) is 2.45. The number of aromatic nitrogens is 2. The van der Waals surface area contributed by atoms with Crippen molar-refractivity contribution in [1.82, 2.24) is 9.55 Å². The average Bonchev–Trinajstić information content (AvgIpc) is 2.75. The minimum atomic E-state index is -4.43. The van der Waals surface area contributed by atoms with E-state index in [1.807, 2.05) is 0 Å². The minimum absolute atomic E-state index is 0.119. The monoisotopic (exact) mass is 290 g/mol. The number of rotatable bonds is 5. The first-order valence-electron chi connectivity index (χ1n) is 5.67. The first kappa shape index (κ1) is 14.3. The summed E-state index contributed by atoms with van der Waals surface area (Å²) in [7, 11) is 0. The van der Waals surface area contributed by atoms with Crippen LogP contribution >= 0.6 is 0 Å². The molecule has 0 saturated heterocycles. The van der Waals surface area contributed by atoms with Gasteiger partial charge < -0.3 is 9.67 Å². The second kappa shape index (κ2) is 5.10. The molecule has 0 aliphatic heterocycles. The van der Waals surface area contributed by atoms with E-state index in [4.69, 9.17) is 5.11 Å². The van der Waals surface area contributed by atoms with Gasteiger partial charge >= 0.3 is 18.3 Å². The van der Waals surface area contributed by atoms with Crippen LogP contribution in [-0.2, 0) is 17.3 Å². The summed E-state index contributed by atoms with van der Waals surface area (Å²) in [6, 6.07) is 5.89. The lowest BCUT2D eigenvalue weighted by Crippen LogP contribution is -2.28. The number of nitrogens with zero attached hydrogens (tertiary/aromatic N) is 2. The number of carboxylic acid groups (broad SMARTS) is 1. The Bertz CT molecular complexity index is 639. The topological polar surface area (TPSA) is 55.1 Å². The molecule has 0 fully saturated rings. The van der Waals surface area contributed by atoms with Crippen LogP contribution in [0, 0.1) is 0 Å². The van der Waals surface area contributed by atoms with Crippen LogP contribution < -0.4 is 0 Å². The number of para-hydroxylation sites is 2. The molecule has 108 valence electrons. The Hall–Kier alpha value is -2.12. The zero-order chi connectivity index (χ0) is 14.9. The Labute approximate surface area is 110 Å². The van der Waals surface area contributed by atoms with Crippen molar-refractivity contribution in [2.75, 3.05) is 0 Å². The summed E-state index contributed by atoms with van der Waals surface area (Å²) < 4.78 is 52.8. The number of hydrogen-bond donors (Lipinski definition) is 1. The summed E-state index contributed by atoms with van der Waals surface area (Å²) in [4.78, 5) is 14.1. The predicted octanol–water partition coefficient (Wildman–Crippen LogP) is 2.87. The van der Waals surface area contributed by atoms with E-state index in [9.17, 15) is 22.4 Å². The largest absolute Gasteiger partial charge is 0.481 e. The number of halogens is 4. The number of aliphatic carboxylic acids is 1. The number of carboxylic acids is 1. The molecular weight excluding hydrogens is 280 g/mol. The van der Waals surface area contributed by atoms with Crippen molar-refractivity contribution in [3.8, 4) is 0 Å². The van der Waals surface area contributed by atoms with Gasteiger partial charge in [-0.15, -0.1) is 0 Å². The molecule has 20 heavy (non-hydrogen) atoms. The second-order valence-electron chi connectivity index (χ2n) is 4.14. The van der Waals surface area contributed by atoms with E-state index in [1.54, 1.807) is 0 Å². The molecule has 1 N–H and O–H groups in total. The molecule has 2 aromatic rings. The van der Waals surface area contributed by atoms with Gasteiger partial charge in [-0.3, -0.25) is 4.79 Å². The Balaban J connectivity index is 2.57. The maximum atomic E-state index is 13.5. The van der Waals surface area contributed by atoms with Crippen LogP contribution in [0.5, 0.6) is 0 Å². The molecule has 1 aromatic heterocycles. The number of benzene rings is 1. The van der Waals surface area contributed by atoms with E-state index in [0.29, 0.717) is 0 Å². The summed E-state index contributed by atoms with van der Waals surface area (Å²) in [5.41, 5.74) is 0.317. The molecule has 0 amide bonds. The highest BCUT2D eigenvalue weighted by molar-refractivity contribution is 5.76. The lowest BCUT2D eigenvalue weighted by Gasteiger charge is -2.16. The Morgan fingerprint density at radius 3 is 2.60 bits per heavy atom. The molecule has 0 aliphatic rings. The van der Waals surface area contributed by atoms with Crippen molar-refractivity contribution in [1.29, 1.82) is 0 Å². The Morgan fingerprint density at radius 2 is 2.00 bits per heavy atom. The quantitative estimate of drug-likeness (QED) is 0.861. The first-order chi connectivity index (χ1) is 9.34. The number of carbonyl (C=O) groups is 1. The number of alkyl halides is 4. The van der Waals surface area contributed by atoms with Crippen LogP contribution in [0.4, 0.5) is 17.6 Å². The van der Waals surface area contributed by atoms with Gasteiger partial charge in [0.15, 0.2) is 5.82 Å². The molecular formula is C12H10F4N2O2. The SMILES string of the molecule is O=C(O)CCn1c(C(F)(F)C(F)F)nc2ccccc21. The third-order valence-electron chi connectivity index (χ3n) is 2.78. The molecule has 8 heteroatoms. The zero-order valence-electron chi connectivity index (χ0n) is 10.1. The maximum Gasteiger partial charge on any atom is 0.364 e. The maximum absolute atomic E-state index is 13.5. The second-order valence-corrected chi connectivity index (χ2v) is 4.14. The number of hydrogen-bond acceptors (Lipinski definition) is 2. The highest BCUT2D eigenvalue weighted by atomic mass is 19.3. The standard InChI is InChI=1S/C12H10F4N2O2/c13-10(14)12(15,16)11-17-7-3-1-2-4-8(7)18(11)6-5-9(19)20/h1-4,10H,5-6H2,(H,19,20). The molecule has 1 aromatic carbocycles. The van der Waals surface area contributed by atoms with E-state index in [-0.39, 0.29) is 17.6 Å². The van der Waals surface area contributed by atoms with Crippen molar-refractivity contribution in [3.05, 3.63) is 30.1 Å². The fourth-order valence-corrected chi connectivity index (χ4v) is 1.86. The van der Waals surface area contributed by atoms with Gasteiger partial charge in [0.1, 0.15) is 0 Å². The molecule has 0 atom stereocenters. The van der Waals surface area contributed by atoms with Crippen LogP contribution in [0.2, 0.25) is 0 Å². The summed E-state index contributed by atoms with van der Waals surface area (Å²) in [5, 5.41) is 8.62. The summed E-state index contributed by atoms with van der Waals surface area (Å²) >= 11 is 0. The number of imidazole rings is 1. The summed E-state index contributed by atoms with van der Waals surface area (Å²) in [6.45, 7) is -0.354. The predicted molar refractivity (Wildman–Crippen MR) is 61.9 cm³/mol. The zero-order valence-corrected chi connectivity index (χ0v) is 10.1. The summed E-state index contributed by atoms with van der Waals surface area (Å²) in [6.07, 6.45) is -4.38. The van der Waals surface area contributed by atoms with E-state index < -0.39 is 30.6 Å². The van der Waals surface area contributed by atoms with Crippen LogP contribution in [0.1, 0.15) is 12.2 Å². The minimum Gasteiger partial charge on any atom is -0.481 e. The van der Waals surface area contributed by atoms with Crippen LogP contribution in [0.15, 0.2) is 24.3 Å². The van der Waals surface area contributed by atoms with Gasteiger partial charge in [-0.05, 0) is 12.1 Å². The molecule has 0 bridgehead atoms. The lowest BCUT2D eigenvalue weighted by atomic mass is 10.3. The van der Waals surface area contributed by atoms with Crippen molar-refractivity contribution in [2.24, 2.45) is 0 Å². The van der Waals surface area contributed by atoms with Crippen molar-refractivity contribution >= 4 is 17.0 Å². The van der Waals surface area contributed by atoms with Gasteiger partial charge in [-0.25, -0.2) is 13.8 Å². The molecule has 2 rings (SSSR count). The molecule has 0 unspecified atom stereocenters. The lowest BCUT2D eigenvalue weighted by molar-refractivity contribution is -0.143. The van der Waals surface area contributed by atoms with Crippen molar-refractivity contribution in [3.63, 3.8) is 0 Å². The van der Waals surface area contributed by atoms with Gasteiger partial charge in [0, 0.05) is 6.54 Å². The smallest absolute Gasteiger partial charge is 0.364 e. The molecule has 0 aliphatic carbocycles. The fourth-order valence-electron chi connectivity index (χ4n) is 1.86.